The minimum absolute atomic E-state index is 0.0125. The molecule has 0 aliphatic carbocycles. The third kappa shape index (κ3) is 6.26. The number of nitrogens with one attached hydrogen (secondary N) is 1. The van der Waals surface area contributed by atoms with Gasteiger partial charge >= 0.3 is 5.97 Å². The van der Waals surface area contributed by atoms with E-state index in [9.17, 15) is 4.79 Å². The van der Waals surface area contributed by atoms with Gasteiger partial charge in [0.1, 0.15) is 5.82 Å². The number of carboxylic acid groups (broad SMARTS) is 1. The zero-order valence-electron chi connectivity index (χ0n) is 18.9. The van der Waals surface area contributed by atoms with E-state index >= 15 is 0 Å². The molecule has 5 nitrogen and oxygen atoms in total. The zero-order valence-corrected chi connectivity index (χ0v) is 19.7. The van der Waals surface area contributed by atoms with Crippen LogP contribution >= 0.6 is 11.3 Å². The second-order valence-electron chi connectivity index (χ2n) is 7.78. The van der Waals surface area contributed by atoms with Crippen LogP contribution in [-0.4, -0.2) is 21.0 Å². The molecule has 0 aliphatic heterocycles. The van der Waals surface area contributed by atoms with Gasteiger partial charge in [0.05, 0.1) is 11.3 Å². The van der Waals surface area contributed by atoms with Crippen LogP contribution in [0.1, 0.15) is 54.8 Å². The summed E-state index contributed by atoms with van der Waals surface area (Å²) in [6.45, 7) is 8.23. The minimum atomic E-state index is -0.836. The molecule has 32 heavy (non-hydrogen) atoms. The van der Waals surface area contributed by atoms with Crippen molar-refractivity contribution in [1.29, 1.82) is 0 Å². The van der Waals surface area contributed by atoms with E-state index in [2.05, 4.69) is 37.9 Å². The Morgan fingerprint density at radius 2 is 1.91 bits per heavy atom. The third-order valence-corrected chi connectivity index (χ3v) is 6.40. The second-order valence-corrected chi connectivity index (χ2v) is 8.95. The molecule has 0 saturated carbocycles. The number of anilines is 2. The SMILES string of the molecule is C=CCc1c(CC)nc(-c2ccc(CCCCC)s2)nc1Nc1ccc(CC(=O)O)cc1. The highest BCUT2D eigenvalue weighted by Gasteiger charge is 2.15. The monoisotopic (exact) mass is 449 g/mol. The lowest BCUT2D eigenvalue weighted by molar-refractivity contribution is -0.136. The van der Waals surface area contributed by atoms with Crippen molar-refractivity contribution in [3.8, 4) is 10.7 Å². The summed E-state index contributed by atoms with van der Waals surface area (Å²) in [4.78, 5) is 23.2. The first-order valence-electron chi connectivity index (χ1n) is 11.2. The number of nitrogens with zero attached hydrogens (tertiary/aromatic N) is 2. The molecule has 0 aliphatic rings. The molecule has 0 spiro atoms. The van der Waals surface area contributed by atoms with E-state index in [1.54, 1.807) is 11.3 Å². The summed E-state index contributed by atoms with van der Waals surface area (Å²) in [5.74, 6) is 0.682. The number of aryl methyl sites for hydroxylation is 2. The maximum absolute atomic E-state index is 10.9. The minimum Gasteiger partial charge on any atom is -0.481 e. The number of aromatic nitrogens is 2. The highest BCUT2D eigenvalue weighted by atomic mass is 32.1. The Kier molecular flexibility index (Phi) is 8.56. The summed E-state index contributed by atoms with van der Waals surface area (Å²) in [5, 5.41) is 12.4. The van der Waals surface area contributed by atoms with Crippen molar-refractivity contribution < 1.29 is 9.90 Å². The number of carboxylic acids is 1. The topological polar surface area (TPSA) is 75.1 Å². The fourth-order valence-electron chi connectivity index (χ4n) is 3.59. The molecular formula is C26H31N3O2S. The Hall–Kier alpha value is -2.99. The first-order chi connectivity index (χ1) is 15.5. The van der Waals surface area contributed by atoms with Gasteiger partial charge in [-0.15, -0.1) is 17.9 Å². The van der Waals surface area contributed by atoms with Gasteiger partial charge in [-0.25, -0.2) is 9.97 Å². The van der Waals surface area contributed by atoms with Crippen molar-refractivity contribution in [2.45, 2.75) is 58.8 Å². The van der Waals surface area contributed by atoms with Crippen molar-refractivity contribution in [2.75, 3.05) is 5.32 Å². The Morgan fingerprint density at radius 1 is 1.12 bits per heavy atom. The lowest BCUT2D eigenvalue weighted by Crippen LogP contribution is -2.07. The van der Waals surface area contributed by atoms with Crippen molar-refractivity contribution in [3.05, 3.63) is 70.8 Å². The highest BCUT2D eigenvalue weighted by molar-refractivity contribution is 7.15. The fraction of sp³-hybridized carbons (Fsp3) is 0.346. The molecule has 0 fully saturated rings. The van der Waals surface area contributed by atoms with Crippen molar-refractivity contribution >= 4 is 28.8 Å². The molecule has 0 unspecified atom stereocenters. The molecule has 3 rings (SSSR count). The van der Waals surface area contributed by atoms with Gasteiger partial charge in [0.2, 0.25) is 0 Å². The van der Waals surface area contributed by atoms with E-state index in [0.717, 1.165) is 51.9 Å². The normalized spacial score (nSPS) is 10.8. The summed E-state index contributed by atoms with van der Waals surface area (Å²) >= 11 is 1.77. The lowest BCUT2D eigenvalue weighted by atomic mass is 10.1. The average Bonchev–Trinajstić information content (AvgIpc) is 3.25. The molecule has 0 bridgehead atoms. The van der Waals surface area contributed by atoms with Gasteiger partial charge in [-0.2, -0.15) is 0 Å². The van der Waals surface area contributed by atoms with Gasteiger partial charge < -0.3 is 10.4 Å². The molecule has 0 amide bonds. The number of hydrogen-bond donors (Lipinski definition) is 2. The predicted octanol–water partition coefficient (Wildman–Crippen LogP) is 6.60. The lowest BCUT2D eigenvalue weighted by Gasteiger charge is -2.15. The average molecular weight is 450 g/mol. The summed E-state index contributed by atoms with van der Waals surface area (Å²) < 4.78 is 0. The largest absolute Gasteiger partial charge is 0.481 e. The maximum atomic E-state index is 10.9. The maximum Gasteiger partial charge on any atom is 0.307 e. The number of allylic oxidation sites excluding steroid dienone is 1. The van der Waals surface area contributed by atoms with Crippen LogP contribution < -0.4 is 5.32 Å². The highest BCUT2D eigenvalue weighted by Crippen LogP contribution is 2.31. The van der Waals surface area contributed by atoms with Crippen LogP contribution in [0.4, 0.5) is 11.5 Å². The number of thiophene rings is 1. The molecule has 0 radical (unpaired) electrons. The van der Waals surface area contributed by atoms with Crippen LogP contribution in [0.25, 0.3) is 10.7 Å². The summed E-state index contributed by atoms with van der Waals surface area (Å²) in [7, 11) is 0. The molecule has 0 saturated heterocycles. The Balaban J connectivity index is 1.91. The van der Waals surface area contributed by atoms with E-state index in [1.165, 1.54) is 24.1 Å². The zero-order chi connectivity index (χ0) is 22.9. The van der Waals surface area contributed by atoms with Crippen molar-refractivity contribution in [3.63, 3.8) is 0 Å². The molecule has 6 heteroatoms. The number of benzene rings is 1. The van der Waals surface area contributed by atoms with E-state index in [1.807, 2.05) is 30.3 Å². The summed E-state index contributed by atoms with van der Waals surface area (Å²) in [5.41, 5.74) is 3.69. The van der Waals surface area contributed by atoms with Gasteiger partial charge in [-0.3, -0.25) is 4.79 Å². The molecule has 3 aromatic rings. The van der Waals surface area contributed by atoms with Crippen LogP contribution in [0.15, 0.2) is 49.1 Å². The van der Waals surface area contributed by atoms with Gasteiger partial charge in [0, 0.05) is 21.8 Å². The van der Waals surface area contributed by atoms with Gasteiger partial charge in [0.25, 0.3) is 0 Å². The van der Waals surface area contributed by atoms with E-state index in [4.69, 9.17) is 15.1 Å². The van der Waals surface area contributed by atoms with Crippen LogP contribution in [0.3, 0.4) is 0 Å². The molecular weight excluding hydrogens is 418 g/mol. The van der Waals surface area contributed by atoms with Crippen LogP contribution in [0.2, 0.25) is 0 Å². The standard InChI is InChI=1S/C26H31N3O2S/c1-4-7-8-10-20-15-16-23(32-20)26-28-22(6-3)21(9-5-2)25(29-26)27-19-13-11-18(12-14-19)17-24(30)31/h5,11-16H,2,4,6-10,17H2,1,3H3,(H,30,31)(H,27,28,29). The molecule has 2 heterocycles. The second kappa shape index (κ2) is 11.6. The first kappa shape index (κ1) is 23.7. The quantitative estimate of drug-likeness (QED) is 0.241. The first-order valence-corrected chi connectivity index (χ1v) is 12.0. The van der Waals surface area contributed by atoms with Crippen LogP contribution in [-0.2, 0) is 30.5 Å². The van der Waals surface area contributed by atoms with Crippen LogP contribution in [0, 0.1) is 0 Å². The van der Waals surface area contributed by atoms with E-state index in [0.29, 0.717) is 6.42 Å². The Bertz CT molecular complexity index is 1060. The van der Waals surface area contributed by atoms with Gasteiger partial charge in [-0.05, 0) is 55.5 Å². The summed E-state index contributed by atoms with van der Waals surface area (Å²) in [6, 6.07) is 11.7. The molecule has 2 aromatic heterocycles. The molecule has 2 N–H and O–H groups in total. The van der Waals surface area contributed by atoms with Gasteiger partial charge in [-0.1, -0.05) is 44.9 Å². The Morgan fingerprint density at radius 3 is 2.56 bits per heavy atom. The smallest absolute Gasteiger partial charge is 0.307 e. The number of rotatable bonds is 12. The van der Waals surface area contributed by atoms with E-state index in [-0.39, 0.29) is 6.42 Å². The fourth-order valence-corrected chi connectivity index (χ4v) is 4.58. The van der Waals surface area contributed by atoms with E-state index < -0.39 is 5.97 Å². The summed E-state index contributed by atoms with van der Waals surface area (Å²) in [6.07, 6.45) is 8.14. The van der Waals surface area contributed by atoms with Crippen molar-refractivity contribution in [1.82, 2.24) is 9.97 Å². The molecule has 168 valence electrons. The number of carbonyl (C=O) groups is 1. The van der Waals surface area contributed by atoms with Crippen molar-refractivity contribution in [2.24, 2.45) is 0 Å². The number of aliphatic carboxylic acids is 1. The predicted molar refractivity (Wildman–Crippen MR) is 133 cm³/mol. The molecule has 0 atom stereocenters. The Labute approximate surface area is 194 Å². The number of hydrogen-bond acceptors (Lipinski definition) is 5. The third-order valence-electron chi connectivity index (χ3n) is 5.26. The van der Waals surface area contributed by atoms with Crippen LogP contribution in [0.5, 0.6) is 0 Å². The number of unbranched alkanes of at least 4 members (excludes halogenated alkanes) is 2. The molecule has 1 aromatic carbocycles. The van der Waals surface area contributed by atoms with Gasteiger partial charge in [0.15, 0.2) is 5.82 Å².